The number of hydrogen-bond acceptors (Lipinski definition) is 2. The molecule has 3 amide bonds. The van der Waals surface area contributed by atoms with Crippen molar-refractivity contribution >= 4 is 29.2 Å². The molecule has 4 rings (SSSR count). The lowest BCUT2D eigenvalue weighted by atomic mass is 9.70. The van der Waals surface area contributed by atoms with Crippen molar-refractivity contribution in [2.75, 3.05) is 18.4 Å². The first-order valence-electron chi connectivity index (χ1n) is 12.0. The van der Waals surface area contributed by atoms with Gasteiger partial charge in [0.15, 0.2) is 0 Å². The lowest BCUT2D eigenvalue weighted by Crippen LogP contribution is -2.54. The highest BCUT2D eigenvalue weighted by Crippen LogP contribution is 2.43. The molecule has 1 heterocycles. The summed E-state index contributed by atoms with van der Waals surface area (Å²) in [5.41, 5.74) is 2.00. The van der Waals surface area contributed by atoms with Crippen molar-refractivity contribution in [1.82, 2.24) is 10.2 Å². The van der Waals surface area contributed by atoms with Crippen LogP contribution in [0.1, 0.15) is 57.4 Å². The molecule has 176 valence electrons. The topological polar surface area (TPSA) is 61.4 Å². The molecule has 1 saturated heterocycles. The van der Waals surface area contributed by atoms with E-state index in [1.54, 1.807) is 0 Å². The number of benzene rings is 2. The zero-order chi connectivity index (χ0) is 23.4. The van der Waals surface area contributed by atoms with Gasteiger partial charge in [-0.05, 0) is 60.4 Å². The Morgan fingerprint density at radius 2 is 1.67 bits per heavy atom. The molecule has 3 atom stereocenters. The maximum Gasteiger partial charge on any atom is 0.319 e. The van der Waals surface area contributed by atoms with E-state index in [1.165, 1.54) is 5.56 Å². The van der Waals surface area contributed by atoms with Crippen molar-refractivity contribution in [2.24, 2.45) is 11.3 Å². The van der Waals surface area contributed by atoms with Crippen LogP contribution in [-0.4, -0.2) is 36.0 Å². The van der Waals surface area contributed by atoms with E-state index in [2.05, 4.69) is 36.6 Å². The number of halogens is 1. The molecule has 33 heavy (non-hydrogen) atoms. The number of rotatable bonds is 4. The first-order valence-corrected chi connectivity index (χ1v) is 12.4. The number of nitrogens with zero attached hydrogens (tertiary/aromatic N) is 1. The van der Waals surface area contributed by atoms with E-state index < -0.39 is 0 Å². The Balaban J connectivity index is 1.40. The third kappa shape index (κ3) is 5.70. The highest BCUT2D eigenvalue weighted by atomic mass is 35.5. The third-order valence-corrected chi connectivity index (χ3v) is 7.50. The average molecular weight is 468 g/mol. The van der Waals surface area contributed by atoms with Gasteiger partial charge in [0, 0.05) is 29.8 Å². The quantitative estimate of drug-likeness (QED) is 0.573. The van der Waals surface area contributed by atoms with Gasteiger partial charge < -0.3 is 15.5 Å². The van der Waals surface area contributed by atoms with E-state index in [4.69, 9.17) is 11.6 Å². The van der Waals surface area contributed by atoms with Crippen molar-refractivity contribution in [3.8, 4) is 0 Å². The zero-order valence-corrected chi connectivity index (χ0v) is 20.3. The highest BCUT2D eigenvalue weighted by Gasteiger charge is 2.42. The fourth-order valence-electron chi connectivity index (χ4n) is 5.55. The van der Waals surface area contributed by atoms with Crippen molar-refractivity contribution < 1.29 is 9.59 Å². The molecule has 2 fully saturated rings. The minimum absolute atomic E-state index is 0.0377. The van der Waals surface area contributed by atoms with E-state index in [0.717, 1.165) is 55.9 Å². The third-order valence-electron chi connectivity index (χ3n) is 7.24. The number of carbonyl (C=O) groups is 2. The minimum Gasteiger partial charge on any atom is -0.342 e. The van der Waals surface area contributed by atoms with E-state index >= 15 is 0 Å². The van der Waals surface area contributed by atoms with Gasteiger partial charge in [-0.15, -0.1) is 0 Å². The van der Waals surface area contributed by atoms with Crippen LogP contribution in [-0.2, 0) is 4.79 Å². The summed E-state index contributed by atoms with van der Waals surface area (Å²) in [4.78, 5) is 28.2. The van der Waals surface area contributed by atoms with Crippen LogP contribution in [0, 0.1) is 11.3 Å². The summed E-state index contributed by atoms with van der Waals surface area (Å²) in [7, 11) is 0. The second-order valence-electron chi connectivity index (χ2n) is 10.1. The number of likely N-dealkylation sites (tertiary alicyclic amines) is 1. The first-order chi connectivity index (χ1) is 15.8. The molecular weight excluding hydrogens is 434 g/mol. The van der Waals surface area contributed by atoms with Gasteiger partial charge in [-0.3, -0.25) is 4.79 Å². The fourth-order valence-corrected chi connectivity index (χ4v) is 5.67. The molecule has 0 radical (unpaired) electrons. The molecule has 2 N–H and O–H groups in total. The summed E-state index contributed by atoms with van der Waals surface area (Å²) in [6, 6.07) is 17.1. The van der Waals surface area contributed by atoms with Gasteiger partial charge in [-0.2, -0.15) is 0 Å². The van der Waals surface area contributed by atoms with Crippen molar-refractivity contribution in [2.45, 2.75) is 57.9 Å². The summed E-state index contributed by atoms with van der Waals surface area (Å²) >= 11 is 6.08. The van der Waals surface area contributed by atoms with Crippen molar-refractivity contribution in [3.63, 3.8) is 0 Å². The lowest BCUT2D eigenvalue weighted by molar-refractivity contribution is -0.141. The molecule has 2 aromatic carbocycles. The SMILES string of the molecule is CC1(C)CN(C(=O)C2CCCCC2NC(=O)Nc2ccccc2)CCC1c1ccc(Cl)cc1. The Morgan fingerprint density at radius 1 is 0.970 bits per heavy atom. The number of amides is 3. The molecule has 0 aromatic heterocycles. The molecule has 0 spiro atoms. The van der Waals surface area contributed by atoms with E-state index in [0.29, 0.717) is 5.92 Å². The molecule has 5 nitrogen and oxygen atoms in total. The van der Waals surface area contributed by atoms with Crippen LogP contribution in [0.2, 0.25) is 5.02 Å². The second kappa shape index (κ2) is 10.2. The summed E-state index contributed by atoms with van der Waals surface area (Å²) in [6.45, 7) is 5.96. The normalized spacial score (nSPS) is 24.7. The lowest BCUT2D eigenvalue weighted by Gasteiger charge is -2.46. The van der Waals surface area contributed by atoms with Gasteiger partial charge in [0.1, 0.15) is 0 Å². The van der Waals surface area contributed by atoms with Gasteiger partial charge in [0.25, 0.3) is 0 Å². The summed E-state index contributed by atoms with van der Waals surface area (Å²) < 4.78 is 0. The number of nitrogens with one attached hydrogen (secondary N) is 2. The molecule has 6 heteroatoms. The van der Waals surface area contributed by atoms with E-state index in [-0.39, 0.29) is 29.3 Å². The predicted molar refractivity (Wildman–Crippen MR) is 134 cm³/mol. The molecule has 1 saturated carbocycles. The van der Waals surface area contributed by atoms with Crippen molar-refractivity contribution in [1.29, 1.82) is 0 Å². The fraction of sp³-hybridized carbons (Fsp3) is 0.481. The minimum atomic E-state index is -0.243. The summed E-state index contributed by atoms with van der Waals surface area (Å²) in [5.74, 6) is 0.404. The maximum atomic E-state index is 13.6. The van der Waals surface area contributed by atoms with Gasteiger partial charge in [-0.25, -0.2) is 4.79 Å². The first kappa shape index (κ1) is 23.6. The van der Waals surface area contributed by atoms with E-state index in [1.807, 2.05) is 47.4 Å². The van der Waals surface area contributed by atoms with Crippen LogP contribution >= 0.6 is 11.6 Å². The van der Waals surface area contributed by atoms with Gasteiger partial charge in [-0.1, -0.05) is 68.6 Å². The summed E-state index contributed by atoms with van der Waals surface area (Å²) in [6.07, 6.45) is 4.65. The molecule has 2 aromatic rings. The van der Waals surface area contributed by atoms with E-state index in [9.17, 15) is 9.59 Å². The Bertz CT molecular complexity index is 961. The molecule has 2 aliphatic rings. The number of piperidine rings is 1. The van der Waals surface area contributed by atoms with Gasteiger partial charge >= 0.3 is 6.03 Å². The van der Waals surface area contributed by atoms with Gasteiger partial charge in [0.2, 0.25) is 5.91 Å². The Hall–Kier alpha value is -2.53. The number of hydrogen-bond donors (Lipinski definition) is 2. The zero-order valence-electron chi connectivity index (χ0n) is 19.5. The van der Waals surface area contributed by atoms with Crippen LogP contribution in [0.25, 0.3) is 0 Å². The standard InChI is InChI=1S/C27H34ClN3O2/c1-27(2)18-31(17-16-23(27)19-12-14-20(28)15-13-19)25(32)22-10-6-7-11-24(22)30-26(33)29-21-8-4-3-5-9-21/h3-5,8-9,12-15,22-24H,6-7,10-11,16-18H2,1-2H3,(H2,29,30,33). The monoisotopic (exact) mass is 467 g/mol. The van der Waals surface area contributed by atoms with Crippen LogP contribution in [0.5, 0.6) is 0 Å². The molecular formula is C27H34ClN3O2. The molecule has 1 aliphatic carbocycles. The van der Waals surface area contributed by atoms with Gasteiger partial charge in [0.05, 0.1) is 5.92 Å². The molecule has 0 bridgehead atoms. The Morgan fingerprint density at radius 3 is 2.36 bits per heavy atom. The number of para-hydroxylation sites is 1. The largest absolute Gasteiger partial charge is 0.342 e. The number of carbonyl (C=O) groups excluding carboxylic acids is 2. The van der Waals surface area contributed by atoms with Crippen LogP contribution in [0.4, 0.5) is 10.5 Å². The average Bonchev–Trinajstić information content (AvgIpc) is 2.80. The van der Waals surface area contributed by atoms with Crippen LogP contribution in [0.15, 0.2) is 54.6 Å². The smallest absolute Gasteiger partial charge is 0.319 e. The molecule has 1 aliphatic heterocycles. The van der Waals surface area contributed by atoms with Crippen LogP contribution < -0.4 is 10.6 Å². The Kier molecular flexibility index (Phi) is 7.28. The molecule has 3 unspecified atom stereocenters. The maximum absolute atomic E-state index is 13.6. The van der Waals surface area contributed by atoms with Crippen molar-refractivity contribution in [3.05, 3.63) is 65.2 Å². The van der Waals surface area contributed by atoms with Crippen LogP contribution in [0.3, 0.4) is 0 Å². The summed E-state index contributed by atoms with van der Waals surface area (Å²) in [5, 5.41) is 6.72. The predicted octanol–water partition coefficient (Wildman–Crippen LogP) is 6.06. The second-order valence-corrected chi connectivity index (χ2v) is 10.5. The highest BCUT2D eigenvalue weighted by molar-refractivity contribution is 6.30. The number of anilines is 1. The number of urea groups is 1. The Labute approximate surface area is 201 Å².